The van der Waals surface area contributed by atoms with Gasteiger partial charge in [-0.25, -0.2) is 0 Å². The first-order chi connectivity index (χ1) is 4.77. The third-order valence-electron chi connectivity index (χ3n) is 1.19. The van der Waals surface area contributed by atoms with E-state index in [1.807, 2.05) is 0 Å². The standard InChI is InChI=1S/C6H14OS3/c1-2-3-4-5-6-7-10(8)9/h10H,2-6H2,1H3. The van der Waals surface area contributed by atoms with Crippen molar-refractivity contribution in [3.05, 3.63) is 0 Å². The lowest BCUT2D eigenvalue weighted by molar-refractivity contribution is 0.358. The minimum Gasteiger partial charge on any atom is -0.313 e. The average Bonchev–Trinajstić information content (AvgIpc) is 1.87. The fourth-order valence-corrected chi connectivity index (χ4v) is 1.39. The maximum Gasteiger partial charge on any atom is 0.0616 e. The molecule has 0 aromatic heterocycles. The molecule has 0 aromatic rings. The van der Waals surface area contributed by atoms with Crippen LogP contribution in [0.3, 0.4) is 0 Å². The number of unbranched alkanes of at least 4 members (excludes halogenated alkanes) is 3. The van der Waals surface area contributed by atoms with Crippen LogP contribution in [-0.4, -0.2) is 6.61 Å². The smallest absolute Gasteiger partial charge is 0.0616 e. The molecule has 0 saturated carbocycles. The Morgan fingerprint density at radius 1 is 1.20 bits per heavy atom. The van der Waals surface area contributed by atoms with Crippen molar-refractivity contribution < 1.29 is 4.18 Å². The summed E-state index contributed by atoms with van der Waals surface area (Å²) in [4.78, 5) is 0. The second-order valence-corrected chi connectivity index (χ2v) is 5.51. The van der Waals surface area contributed by atoms with Crippen LogP contribution in [0, 0.1) is 0 Å². The predicted molar refractivity (Wildman–Crippen MR) is 53.6 cm³/mol. The van der Waals surface area contributed by atoms with E-state index >= 15 is 0 Å². The molecule has 0 saturated heterocycles. The Morgan fingerprint density at radius 2 is 1.90 bits per heavy atom. The first-order valence-corrected chi connectivity index (χ1v) is 6.83. The molecule has 0 rings (SSSR count). The zero-order chi connectivity index (χ0) is 7.82. The van der Waals surface area contributed by atoms with Crippen molar-refractivity contribution >= 4 is 30.7 Å². The monoisotopic (exact) mass is 198 g/mol. The lowest BCUT2D eigenvalue weighted by Gasteiger charge is -1.96. The van der Waals surface area contributed by atoms with Gasteiger partial charge in [0, 0.05) is 8.29 Å². The molecule has 10 heavy (non-hydrogen) atoms. The molecule has 0 bridgehead atoms. The quantitative estimate of drug-likeness (QED) is 0.515. The van der Waals surface area contributed by atoms with E-state index in [0.717, 1.165) is 13.0 Å². The normalized spacial score (nSPS) is 10.6. The van der Waals surface area contributed by atoms with E-state index in [-0.39, 0.29) is 0 Å². The van der Waals surface area contributed by atoms with E-state index in [0.29, 0.717) is 0 Å². The summed E-state index contributed by atoms with van der Waals surface area (Å²) in [6, 6.07) is 0. The first-order valence-electron chi connectivity index (χ1n) is 3.54. The molecule has 0 amide bonds. The maximum absolute atomic E-state index is 5.08. The largest absolute Gasteiger partial charge is 0.313 e. The SMILES string of the molecule is CCCCCCO[SH](=S)=S. The molecule has 62 valence electrons. The molecule has 0 radical (unpaired) electrons. The summed E-state index contributed by atoms with van der Waals surface area (Å²) in [5.41, 5.74) is 0. The van der Waals surface area contributed by atoms with Crippen LogP contribution < -0.4 is 0 Å². The van der Waals surface area contributed by atoms with Crippen molar-refractivity contribution in [1.82, 2.24) is 0 Å². The number of rotatable bonds is 6. The Hall–Kier alpha value is 0.750. The van der Waals surface area contributed by atoms with Gasteiger partial charge in [0.25, 0.3) is 0 Å². The lowest BCUT2D eigenvalue weighted by Crippen LogP contribution is -1.89. The summed E-state index contributed by atoms with van der Waals surface area (Å²) in [5, 5.41) is 0. The number of hydrogen-bond acceptors (Lipinski definition) is 3. The van der Waals surface area contributed by atoms with Crippen molar-refractivity contribution in [1.29, 1.82) is 0 Å². The Kier molecular flexibility index (Phi) is 8.44. The van der Waals surface area contributed by atoms with Crippen LogP contribution in [0.2, 0.25) is 0 Å². The highest BCUT2D eigenvalue weighted by Crippen LogP contribution is 1.98. The van der Waals surface area contributed by atoms with E-state index in [1.54, 1.807) is 0 Å². The van der Waals surface area contributed by atoms with Crippen LogP contribution in [-0.2, 0) is 34.9 Å². The molecule has 1 nitrogen and oxygen atoms in total. The van der Waals surface area contributed by atoms with Gasteiger partial charge in [0.15, 0.2) is 0 Å². The molecule has 0 spiro atoms. The van der Waals surface area contributed by atoms with Crippen molar-refractivity contribution in [3.8, 4) is 0 Å². The molecule has 0 aromatic carbocycles. The van der Waals surface area contributed by atoms with Gasteiger partial charge in [-0.1, -0.05) is 26.2 Å². The minimum atomic E-state index is -0.955. The van der Waals surface area contributed by atoms with Gasteiger partial charge in [0.2, 0.25) is 0 Å². The Bertz CT molecular complexity index is 123. The third kappa shape index (κ3) is 8.75. The summed E-state index contributed by atoms with van der Waals surface area (Å²) in [7, 11) is -0.955. The van der Waals surface area contributed by atoms with Crippen LogP contribution in [0.25, 0.3) is 0 Å². The second kappa shape index (κ2) is 7.85. The molecular weight excluding hydrogens is 184 g/mol. The van der Waals surface area contributed by atoms with Crippen LogP contribution in [0.15, 0.2) is 0 Å². The molecule has 0 unspecified atom stereocenters. The van der Waals surface area contributed by atoms with Crippen LogP contribution in [0.4, 0.5) is 0 Å². The molecule has 0 aliphatic carbocycles. The van der Waals surface area contributed by atoms with Crippen molar-refractivity contribution in [2.24, 2.45) is 0 Å². The van der Waals surface area contributed by atoms with E-state index in [1.165, 1.54) is 19.3 Å². The predicted octanol–water partition coefficient (Wildman–Crippen LogP) is 1.77. The van der Waals surface area contributed by atoms with Crippen molar-refractivity contribution in [3.63, 3.8) is 0 Å². The fraction of sp³-hybridized carbons (Fsp3) is 1.00. The summed E-state index contributed by atoms with van der Waals surface area (Å²) in [5.74, 6) is 0. The molecule has 0 N–H and O–H groups in total. The number of hydrogen-bond donors (Lipinski definition) is 1. The summed E-state index contributed by atoms with van der Waals surface area (Å²) < 4.78 is 5.08. The molecular formula is C6H14OS3. The highest BCUT2D eigenvalue weighted by molar-refractivity contribution is 8.44. The van der Waals surface area contributed by atoms with Crippen LogP contribution >= 0.6 is 0 Å². The zero-order valence-corrected chi connectivity index (χ0v) is 8.73. The molecule has 0 aliphatic heterocycles. The Labute approximate surface area is 74.2 Å². The van der Waals surface area contributed by atoms with E-state index in [4.69, 9.17) is 26.6 Å². The lowest BCUT2D eigenvalue weighted by atomic mass is 10.2. The van der Waals surface area contributed by atoms with Gasteiger partial charge in [-0.05, 0) is 28.8 Å². The average molecular weight is 198 g/mol. The summed E-state index contributed by atoms with van der Waals surface area (Å²) in [6.45, 7) is 2.95. The van der Waals surface area contributed by atoms with E-state index in [9.17, 15) is 0 Å². The molecule has 4 heteroatoms. The van der Waals surface area contributed by atoms with Gasteiger partial charge >= 0.3 is 0 Å². The highest BCUT2D eigenvalue weighted by atomic mass is 33.1. The van der Waals surface area contributed by atoms with E-state index in [2.05, 4.69) is 6.92 Å². The minimum absolute atomic E-state index is 0.763. The topological polar surface area (TPSA) is 9.23 Å². The Balaban J connectivity index is 2.91. The summed E-state index contributed by atoms with van der Waals surface area (Å²) >= 11 is 9.43. The number of thiol groups is 1. The fourth-order valence-electron chi connectivity index (χ4n) is 0.668. The highest BCUT2D eigenvalue weighted by Gasteiger charge is 1.86. The Morgan fingerprint density at radius 3 is 2.40 bits per heavy atom. The van der Waals surface area contributed by atoms with Crippen LogP contribution in [0.1, 0.15) is 32.6 Å². The van der Waals surface area contributed by atoms with Gasteiger partial charge < -0.3 is 4.18 Å². The molecule has 0 aliphatic rings. The van der Waals surface area contributed by atoms with Crippen molar-refractivity contribution in [2.75, 3.05) is 6.61 Å². The molecule has 0 fully saturated rings. The van der Waals surface area contributed by atoms with Gasteiger partial charge in [-0.3, -0.25) is 0 Å². The van der Waals surface area contributed by atoms with E-state index < -0.39 is 8.29 Å². The third-order valence-corrected chi connectivity index (χ3v) is 2.22. The maximum atomic E-state index is 5.08. The van der Waals surface area contributed by atoms with Crippen molar-refractivity contribution in [2.45, 2.75) is 32.6 Å². The first kappa shape index (κ1) is 10.8. The van der Waals surface area contributed by atoms with Gasteiger partial charge in [-0.2, -0.15) is 0 Å². The van der Waals surface area contributed by atoms with Gasteiger partial charge in [-0.15, -0.1) is 0 Å². The van der Waals surface area contributed by atoms with Gasteiger partial charge in [0.05, 0.1) is 6.61 Å². The van der Waals surface area contributed by atoms with Gasteiger partial charge in [0.1, 0.15) is 0 Å². The zero-order valence-electron chi connectivity index (χ0n) is 6.21. The molecule has 0 heterocycles. The molecule has 0 atom stereocenters. The second-order valence-electron chi connectivity index (χ2n) is 2.12. The van der Waals surface area contributed by atoms with Crippen LogP contribution in [0.5, 0.6) is 0 Å². The summed E-state index contributed by atoms with van der Waals surface area (Å²) in [6.07, 6.45) is 4.90.